The number of benzene rings is 1. The van der Waals surface area contributed by atoms with Crippen LogP contribution in [-0.2, 0) is 11.2 Å². The van der Waals surface area contributed by atoms with E-state index >= 15 is 0 Å². The normalized spacial score (nSPS) is 11.4. The van der Waals surface area contributed by atoms with Crippen LogP contribution >= 0.6 is 0 Å². The molecule has 0 spiro atoms. The molecule has 0 atom stereocenters. The first kappa shape index (κ1) is 15.1. The second kappa shape index (κ2) is 6.90. The maximum absolute atomic E-state index is 10.9. The van der Waals surface area contributed by atoms with E-state index in [0.29, 0.717) is 0 Å². The van der Waals surface area contributed by atoms with Crippen molar-refractivity contribution in [2.75, 3.05) is 27.7 Å². The third-order valence-corrected chi connectivity index (χ3v) is 3.17. The summed E-state index contributed by atoms with van der Waals surface area (Å²) in [6.07, 6.45) is 4.04. The minimum absolute atomic E-state index is 0.583. The Kier molecular flexibility index (Phi) is 4.94. The van der Waals surface area contributed by atoms with Crippen molar-refractivity contribution >= 4 is 23.2 Å². The first-order valence-corrected chi connectivity index (χ1v) is 6.72. The number of H-pyrrole nitrogens is 1. The highest BCUT2D eigenvalue weighted by molar-refractivity contribution is 5.91. The van der Waals surface area contributed by atoms with E-state index in [1.807, 2.05) is 18.3 Å². The van der Waals surface area contributed by atoms with Crippen molar-refractivity contribution in [1.29, 1.82) is 0 Å². The number of nitrogens with zero attached hydrogens (tertiary/aromatic N) is 2. The molecule has 0 aliphatic heterocycles. The van der Waals surface area contributed by atoms with Crippen LogP contribution in [0.5, 0.6) is 0 Å². The third kappa shape index (κ3) is 4.06. The Morgan fingerprint density at radius 3 is 3.00 bits per heavy atom. The van der Waals surface area contributed by atoms with Gasteiger partial charge in [-0.25, -0.2) is 10.2 Å². The molecular formula is C15H20N4O2. The highest BCUT2D eigenvalue weighted by Gasteiger charge is 2.05. The number of nitrogens with one attached hydrogen (secondary N) is 2. The predicted molar refractivity (Wildman–Crippen MR) is 83.7 cm³/mol. The minimum Gasteiger partial charge on any atom is -0.452 e. The number of carbonyl (C=O) groups excluding carboxylic acids is 1. The molecule has 112 valence electrons. The fraction of sp³-hybridized carbons (Fsp3) is 0.333. The maximum Gasteiger partial charge on any atom is 0.427 e. The molecule has 2 rings (SSSR count). The Labute approximate surface area is 123 Å². The molecule has 1 heterocycles. The van der Waals surface area contributed by atoms with Gasteiger partial charge < -0.3 is 14.6 Å². The first-order valence-electron chi connectivity index (χ1n) is 6.72. The average molecular weight is 288 g/mol. The van der Waals surface area contributed by atoms with Gasteiger partial charge in [-0.15, -0.1) is 0 Å². The number of hydrazone groups is 1. The van der Waals surface area contributed by atoms with Crippen LogP contribution in [0.2, 0.25) is 0 Å². The first-order chi connectivity index (χ1) is 10.1. The molecule has 21 heavy (non-hydrogen) atoms. The van der Waals surface area contributed by atoms with Gasteiger partial charge in [-0.05, 0) is 43.8 Å². The van der Waals surface area contributed by atoms with Crippen molar-refractivity contribution in [2.45, 2.75) is 6.42 Å². The lowest BCUT2D eigenvalue weighted by Crippen LogP contribution is -2.16. The van der Waals surface area contributed by atoms with Crippen LogP contribution < -0.4 is 5.43 Å². The summed E-state index contributed by atoms with van der Waals surface area (Å²) in [4.78, 5) is 16.3. The number of methoxy groups -OCH3 is 1. The van der Waals surface area contributed by atoms with E-state index in [9.17, 15) is 4.79 Å². The summed E-state index contributed by atoms with van der Waals surface area (Å²) in [5.41, 5.74) is 5.56. The van der Waals surface area contributed by atoms with Gasteiger partial charge in [-0.2, -0.15) is 5.10 Å². The summed E-state index contributed by atoms with van der Waals surface area (Å²) in [5.74, 6) is 0. The van der Waals surface area contributed by atoms with Gasteiger partial charge >= 0.3 is 6.09 Å². The summed E-state index contributed by atoms with van der Waals surface area (Å²) in [7, 11) is 5.42. The number of amides is 1. The number of fused-ring (bicyclic) bond motifs is 1. The summed E-state index contributed by atoms with van der Waals surface area (Å²) >= 11 is 0. The molecule has 0 aliphatic carbocycles. The highest BCUT2D eigenvalue weighted by Crippen LogP contribution is 2.20. The molecular weight excluding hydrogens is 268 g/mol. The number of rotatable bonds is 5. The predicted octanol–water partition coefficient (Wildman–Crippen LogP) is 1.96. The third-order valence-electron chi connectivity index (χ3n) is 3.17. The Bertz CT molecular complexity index is 646. The molecule has 6 nitrogen and oxygen atoms in total. The van der Waals surface area contributed by atoms with Crippen molar-refractivity contribution < 1.29 is 9.53 Å². The minimum atomic E-state index is -0.583. The molecule has 2 N–H and O–H groups in total. The van der Waals surface area contributed by atoms with E-state index < -0.39 is 6.09 Å². The number of ether oxygens (including phenoxy) is 1. The zero-order valence-corrected chi connectivity index (χ0v) is 12.5. The second-order valence-corrected chi connectivity index (χ2v) is 5.03. The largest absolute Gasteiger partial charge is 0.452 e. The van der Waals surface area contributed by atoms with Crippen LogP contribution in [0.3, 0.4) is 0 Å². The van der Waals surface area contributed by atoms with Crippen LogP contribution in [0.25, 0.3) is 10.9 Å². The fourth-order valence-electron chi connectivity index (χ4n) is 2.03. The molecule has 0 fully saturated rings. The number of carbonyl (C=O) groups is 1. The topological polar surface area (TPSA) is 69.7 Å². The van der Waals surface area contributed by atoms with Crippen LogP contribution in [0, 0.1) is 0 Å². The number of aromatic nitrogens is 1. The molecule has 0 saturated heterocycles. The molecule has 0 radical (unpaired) electrons. The molecule has 1 amide bonds. The molecule has 0 bridgehead atoms. The quantitative estimate of drug-likeness (QED) is 0.652. The van der Waals surface area contributed by atoms with E-state index in [-0.39, 0.29) is 0 Å². The van der Waals surface area contributed by atoms with E-state index in [0.717, 1.165) is 24.0 Å². The lowest BCUT2D eigenvalue weighted by Gasteiger charge is -2.08. The van der Waals surface area contributed by atoms with Gasteiger partial charge in [0.15, 0.2) is 0 Å². The molecule has 6 heteroatoms. The lowest BCUT2D eigenvalue weighted by atomic mass is 10.1. The van der Waals surface area contributed by atoms with Gasteiger partial charge in [0, 0.05) is 23.6 Å². The highest BCUT2D eigenvalue weighted by atomic mass is 16.5. The molecule has 2 aromatic rings. The van der Waals surface area contributed by atoms with Gasteiger partial charge in [0.25, 0.3) is 0 Å². The second-order valence-electron chi connectivity index (χ2n) is 5.03. The van der Waals surface area contributed by atoms with E-state index in [4.69, 9.17) is 0 Å². The van der Waals surface area contributed by atoms with Crippen molar-refractivity contribution in [1.82, 2.24) is 15.3 Å². The standard InChI is InChI=1S/C15H20N4O2/c1-19(2)7-6-12-10-16-14-5-4-11(8-13(12)14)9-17-18-15(20)21-3/h4-5,8-10,16H,6-7H2,1-3H3,(H,18,20)/b17-9+. The summed E-state index contributed by atoms with van der Waals surface area (Å²) in [6, 6.07) is 6.00. The zero-order chi connectivity index (χ0) is 15.2. The monoisotopic (exact) mass is 288 g/mol. The van der Waals surface area contributed by atoms with Crippen LogP contribution in [0.1, 0.15) is 11.1 Å². The van der Waals surface area contributed by atoms with Crippen LogP contribution in [-0.4, -0.2) is 49.9 Å². The Balaban J connectivity index is 2.15. The van der Waals surface area contributed by atoms with Crippen molar-refractivity contribution in [3.8, 4) is 0 Å². The lowest BCUT2D eigenvalue weighted by molar-refractivity contribution is 0.171. The van der Waals surface area contributed by atoms with Gasteiger partial charge in [0.1, 0.15) is 0 Å². The van der Waals surface area contributed by atoms with Crippen LogP contribution in [0.15, 0.2) is 29.5 Å². The summed E-state index contributed by atoms with van der Waals surface area (Å²) in [6.45, 7) is 0.995. The number of hydrogen-bond donors (Lipinski definition) is 2. The van der Waals surface area contributed by atoms with Gasteiger partial charge in [0.05, 0.1) is 13.3 Å². The Morgan fingerprint density at radius 2 is 2.29 bits per heavy atom. The number of aromatic amines is 1. The maximum atomic E-state index is 10.9. The molecule has 1 aromatic carbocycles. The van der Waals surface area contributed by atoms with E-state index in [2.05, 4.69) is 45.3 Å². The van der Waals surface area contributed by atoms with Crippen molar-refractivity contribution in [2.24, 2.45) is 5.10 Å². The SMILES string of the molecule is COC(=O)N/N=C/c1ccc2[nH]cc(CCN(C)C)c2c1. The van der Waals surface area contributed by atoms with E-state index in [1.54, 1.807) is 6.21 Å². The smallest absolute Gasteiger partial charge is 0.427 e. The van der Waals surface area contributed by atoms with Gasteiger partial charge in [0.2, 0.25) is 0 Å². The zero-order valence-electron chi connectivity index (χ0n) is 12.5. The number of hydrogen-bond acceptors (Lipinski definition) is 4. The summed E-state index contributed by atoms with van der Waals surface area (Å²) in [5, 5.41) is 5.02. The Hall–Kier alpha value is -2.34. The molecule has 0 unspecified atom stereocenters. The molecule has 0 aliphatic rings. The molecule has 0 saturated carbocycles. The van der Waals surface area contributed by atoms with Crippen LogP contribution in [0.4, 0.5) is 4.79 Å². The van der Waals surface area contributed by atoms with Gasteiger partial charge in [-0.1, -0.05) is 6.07 Å². The van der Waals surface area contributed by atoms with Gasteiger partial charge in [-0.3, -0.25) is 0 Å². The van der Waals surface area contributed by atoms with Crippen molar-refractivity contribution in [3.63, 3.8) is 0 Å². The number of likely N-dealkylation sites (N-methyl/N-ethyl adjacent to an activating group) is 1. The Morgan fingerprint density at radius 1 is 1.48 bits per heavy atom. The van der Waals surface area contributed by atoms with E-state index in [1.165, 1.54) is 18.1 Å². The average Bonchev–Trinajstić information content (AvgIpc) is 2.87. The fourth-order valence-corrected chi connectivity index (χ4v) is 2.03. The summed E-state index contributed by atoms with van der Waals surface area (Å²) < 4.78 is 4.45. The molecule has 1 aromatic heterocycles. The van der Waals surface area contributed by atoms with Crippen molar-refractivity contribution in [3.05, 3.63) is 35.5 Å².